The summed E-state index contributed by atoms with van der Waals surface area (Å²) < 4.78 is 5.05. The minimum atomic E-state index is -0.512. The minimum absolute atomic E-state index is 0.0462. The van der Waals surface area contributed by atoms with E-state index in [2.05, 4.69) is 4.98 Å². The van der Waals surface area contributed by atoms with Gasteiger partial charge >= 0.3 is 5.97 Å². The number of nitrogens with zero attached hydrogens (tertiary/aromatic N) is 1. The predicted octanol–water partition coefficient (Wildman–Crippen LogP) is 3.61. The SMILES string of the molecule is O=C(Oc1ncc(Cl)cc1Cl)c1ccccc1. The number of hydrogen-bond acceptors (Lipinski definition) is 3. The largest absolute Gasteiger partial charge is 0.402 e. The quantitative estimate of drug-likeness (QED) is 0.781. The fourth-order valence-electron chi connectivity index (χ4n) is 1.20. The number of rotatable bonds is 2. The van der Waals surface area contributed by atoms with Crippen LogP contribution in [0.3, 0.4) is 0 Å². The lowest BCUT2D eigenvalue weighted by molar-refractivity contribution is 0.0727. The van der Waals surface area contributed by atoms with Crippen molar-refractivity contribution in [2.75, 3.05) is 0 Å². The van der Waals surface area contributed by atoms with E-state index in [0.29, 0.717) is 10.6 Å². The number of esters is 1. The third kappa shape index (κ3) is 2.96. The molecule has 0 amide bonds. The van der Waals surface area contributed by atoms with E-state index in [1.165, 1.54) is 12.3 Å². The first-order valence-electron chi connectivity index (χ1n) is 4.75. The summed E-state index contributed by atoms with van der Waals surface area (Å²) in [5.41, 5.74) is 0.431. The molecule has 5 heteroatoms. The maximum Gasteiger partial charge on any atom is 0.344 e. The molecule has 0 aliphatic carbocycles. The van der Waals surface area contributed by atoms with Crippen molar-refractivity contribution in [2.45, 2.75) is 0 Å². The van der Waals surface area contributed by atoms with Crippen LogP contribution in [0.25, 0.3) is 0 Å². The van der Waals surface area contributed by atoms with Crippen LogP contribution < -0.4 is 4.74 Å². The normalized spacial score (nSPS) is 10.0. The lowest BCUT2D eigenvalue weighted by Crippen LogP contribution is -2.09. The van der Waals surface area contributed by atoms with E-state index in [9.17, 15) is 4.79 Å². The zero-order chi connectivity index (χ0) is 12.3. The van der Waals surface area contributed by atoms with Crippen molar-refractivity contribution in [1.29, 1.82) is 0 Å². The van der Waals surface area contributed by atoms with Gasteiger partial charge in [0.2, 0.25) is 5.88 Å². The summed E-state index contributed by atoms with van der Waals surface area (Å²) >= 11 is 11.5. The van der Waals surface area contributed by atoms with Crippen LogP contribution in [0.4, 0.5) is 0 Å². The molecule has 0 unspecified atom stereocenters. The number of hydrogen-bond donors (Lipinski definition) is 0. The second-order valence-corrected chi connectivity index (χ2v) is 4.04. The van der Waals surface area contributed by atoms with Crippen molar-refractivity contribution >= 4 is 29.2 Å². The van der Waals surface area contributed by atoms with Crippen LogP contribution in [0.5, 0.6) is 5.88 Å². The van der Waals surface area contributed by atoms with Gasteiger partial charge < -0.3 is 4.74 Å². The summed E-state index contributed by atoms with van der Waals surface area (Å²) in [7, 11) is 0. The molecule has 0 saturated carbocycles. The molecule has 1 aromatic heterocycles. The first kappa shape index (κ1) is 11.9. The molecule has 0 N–H and O–H groups in total. The second kappa shape index (κ2) is 5.17. The molecule has 0 radical (unpaired) electrons. The highest BCUT2D eigenvalue weighted by Gasteiger charge is 2.11. The molecule has 1 heterocycles. The van der Waals surface area contributed by atoms with Gasteiger partial charge in [-0.15, -0.1) is 0 Å². The Labute approximate surface area is 108 Å². The maximum atomic E-state index is 11.7. The molecular weight excluding hydrogens is 261 g/mol. The smallest absolute Gasteiger partial charge is 0.344 e. The van der Waals surface area contributed by atoms with Crippen molar-refractivity contribution < 1.29 is 9.53 Å². The molecule has 0 aliphatic rings. The fourth-order valence-corrected chi connectivity index (χ4v) is 1.62. The van der Waals surface area contributed by atoms with E-state index < -0.39 is 5.97 Å². The van der Waals surface area contributed by atoms with E-state index in [4.69, 9.17) is 27.9 Å². The van der Waals surface area contributed by atoms with E-state index >= 15 is 0 Å². The van der Waals surface area contributed by atoms with Gasteiger partial charge in [-0.25, -0.2) is 9.78 Å². The van der Waals surface area contributed by atoms with Crippen LogP contribution in [0.1, 0.15) is 10.4 Å². The van der Waals surface area contributed by atoms with Crippen LogP contribution in [-0.2, 0) is 0 Å². The van der Waals surface area contributed by atoms with Crippen LogP contribution in [0.15, 0.2) is 42.6 Å². The Kier molecular flexibility index (Phi) is 3.61. The fraction of sp³-hybridized carbons (Fsp3) is 0. The van der Waals surface area contributed by atoms with Gasteiger partial charge in [0.15, 0.2) is 0 Å². The molecule has 0 aliphatic heterocycles. The average molecular weight is 268 g/mol. The van der Waals surface area contributed by atoms with Gasteiger partial charge in [0.05, 0.1) is 10.6 Å². The zero-order valence-corrected chi connectivity index (χ0v) is 10.1. The number of carbonyl (C=O) groups is 1. The number of benzene rings is 1. The Hall–Kier alpha value is -1.58. The average Bonchev–Trinajstić information content (AvgIpc) is 2.34. The van der Waals surface area contributed by atoms with Crippen molar-refractivity contribution in [3.05, 3.63) is 58.2 Å². The molecule has 2 rings (SSSR count). The highest BCUT2D eigenvalue weighted by Crippen LogP contribution is 2.25. The number of carbonyl (C=O) groups excluding carboxylic acids is 1. The summed E-state index contributed by atoms with van der Waals surface area (Å²) in [6, 6.07) is 10.0. The zero-order valence-electron chi connectivity index (χ0n) is 8.56. The Balaban J connectivity index is 2.19. The lowest BCUT2D eigenvalue weighted by atomic mass is 10.2. The molecule has 3 nitrogen and oxygen atoms in total. The lowest BCUT2D eigenvalue weighted by Gasteiger charge is -2.04. The minimum Gasteiger partial charge on any atom is -0.402 e. The topological polar surface area (TPSA) is 39.2 Å². The molecule has 0 spiro atoms. The number of aromatic nitrogens is 1. The molecule has 0 bridgehead atoms. The molecule has 2 aromatic rings. The van der Waals surface area contributed by atoms with Gasteiger partial charge in [-0.05, 0) is 18.2 Å². The highest BCUT2D eigenvalue weighted by atomic mass is 35.5. The van der Waals surface area contributed by atoms with Crippen molar-refractivity contribution in [2.24, 2.45) is 0 Å². The molecule has 86 valence electrons. The first-order chi connectivity index (χ1) is 8.16. The van der Waals surface area contributed by atoms with Gasteiger partial charge in [-0.1, -0.05) is 41.4 Å². The van der Waals surface area contributed by atoms with Gasteiger partial charge in [0, 0.05) is 6.20 Å². The third-order valence-corrected chi connectivity index (χ3v) is 2.45. The van der Waals surface area contributed by atoms with Crippen LogP contribution in [0, 0.1) is 0 Å². The van der Waals surface area contributed by atoms with E-state index in [0.717, 1.165) is 0 Å². The van der Waals surface area contributed by atoms with Crippen LogP contribution in [-0.4, -0.2) is 11.0 Å². The first-order valence-corrected chi connectivity index (χ1v) is 5.50. The van der Waals surface area contributed by atoms with Crippen molar-refractivity contribution in [3.8, 4) is 5.88 Å². The van der Waals surface area contributed by atoms with E-state index in [1.807, 2.05) is 6.07 Å². The molecule has 0 fully saturated rings. The van der Waals surface area contributed by atoms with Gasteiger partial charge in [0.25, 0.3) is 0 Å². The van der Waals surface area contributed by atoms with E-state index in [-0.39, 0.29) is 10.9 Å². The predicted molar refractivity (Wildman–Crippen MR) is 65.7 cm³/mol. The Morgan fingerprint density at radius 3 is 2.53 bits per heavy atom. The van der Waals surface area contributed by atoms with Gasteiger partial charge in [-0.2, -0.15) is 0 Å². The molecule has 17 heavy (non-hydrogen) atoms. The summed E-state index contributed by atoms with van der Waals surface area (Å²) in [4.78, 5) is 15.5. The summed E-state index contributed by atoms with van der Waals surface area (Å²) in [6.07, 6.45) is 1.36. The van der Waals surface area contributed by atoms with E-state index in [1.54, 1.807) is 24.3 Å². The summed E-state index contributed by atoms with van der Waals surface area (Å²) in [6.45, 7) is 0. The molecule has 0 atom stereocenters. The summed E-state index contributed by atoms with van der Waals surface area (Å²) in [5.74, 6) is -0.466. The second-order valence-electron chi connectivity index (χ2n) is 3.20. The standard InChI is InChI=1S/C12H7Cl2NO2/c13-9-6-10(14)11(15-7-9)17-12(16)8-4-2-1-3-5-8/h1-7H. The number of pyridine rings is 1. The van der Waals surface area contributed by atoms with Crippen molar-refractivity contribution in [1.82, 2.24) is 4.98 Å². The Bertz CT molecular complexity index is 543. The number of ether oxygens (including phenoxy) is 1. The summed E-state index contributed by atoms with van der Waals surface area (Å²) in [5, 5.41) is 0.580. The van der Waals surface area contributed by atoms with Gasteiger partial charge in [-0.3, -0.25) is 0 Å². The van der Waals surface area contributed by atoms with Crippen LogP contribution >= 0.6 is 23.2 Å². The van der Waals surface area contributed by atoms with Crippen LogP contribution in [0.2, 0.25) is 10.0 Å². The Morgan fingerprint density at radius 2 is 1.88 bits per heavy atom. The molecule has 1 aromatic carbocycles. The highest BCUT2D eigenvalue weighted by molar-refractivity contribution is 6.35. The molecular formula is C12H7Cl2NO2. The van der Waals surface area contributed by atoms with Gasteiger partial charge in [0.1, 0.15) is 5.02 Å². The maximum absolute atomic E-state index is 11.7. The Morgan fingerprint density at radius 1 is 1.18 bits per heavy atom. The third-order valence-electron chi connectivity index (χ3n) is 1.97. The monoisotopic (exact) mass is 267 g/mol. The van der Waals surface area contributed by atoms with Crippen molar-refractivity contribution in [3.63, 3.8) is 0 Å². The number of halogens is 2. The molecule has 0 saturated heterocycles.